The average molecular weight is 260 g/mol. The largest absolute Gasteiger partial charge is 0.316 e. The van der Waals surface area contributed by atoms with Gasteiger partial charge in [0.1, 0.15) is 4.21 Å². The van der Waals surface area contributed by atoms with Gasteiger partial charge in [-0.3, -0.25) is 0 Å². The van der Waals surface area contributed by atoms with Gasteiger partial charge in [-0.2, -0.15) is 4.31 Å². The van der Waals surface area contributed by atoms with Crippen LogP contribution in [0.1, 0.15) is 12.8 Å². The Labute approximate surface area is 100 Å². The summed E-state index contributed by atoms with van der Waals surface area (Å²) in [6.45, 7) is 1.22. The van der Waals surface area contributed by atoms with Crippen LogP contribution in [0.15, 0.2) is 21.7 Å². The highest BCUT2D eigenvalue weighted by Crippen LogP contribution is 2.23. The van der Waals surface area contributed by atoms with Gasteiger partial charge in [0.15, 0.2) is 0 Å². The topological polar surface area (TPSA) is 49.4 Å². The van der Waals surface area contributed by atoms with E-state index in [0.717, 1.165) is 12.8 Å². The minimum atomic E-state index is -3.25. The van der Waals surface area contributed by atoms with Crippen LogP contribution in [0.5, 0.6) is 0 Å². The summed E-state index contributed by atoms with van der Waals surface area (Å²) in [6, 6.07) is 3.73. The summed E-state index contributed by atoms with van der Waals surface area (Å²) in [5, 5.41) is 4.95. The van der Waals surface area contributed by atoms with Gasteiger partial charge in [0.05, 0.1) is 0 Å². The van der Waals surface area contributed by atoms with Gasteiger partial charge in [-0.25, -0.2) is 8.42 Å². The van der Waals surface area contributed by atoms with Crippen LogP contribution in [0.2, 0.25) is 0 Å². The highest BCUT2D eigenvalue weighted by atomic mass is 32.2. The van der Waals surface area contributed by atoms with Crippen molar-refractivity contribution >= 4 is 21.4 Å². The lowest BCUT2D eigenvalue weighted by Crippen LogP contribution is -2.46. The molecule has 2 heterocycles. The highest BCUT2D eigenvalue weighted by molar-refractivity contribution is 7.91. The van der Waals surface area contributed by atoms with E-state index in [-0.39, 0.29) is 6.04 Å². The van der Waals surface area contributed by atoms with Crippen molar-refractivity contribution in [3.8, 4) is 0 Å². The summed E-state index contributed by atoms with van der Waals surface area (Å²) in [6.07, 6.45) is 1.98. The molecule has 1 unspecified atom stereocenters. The van der Waals surface area contributed by atoms with Crippen molar-refractivity contribution in [2.75, 3.05) is 20.1 Å². The Balaban J connectivity index is 2.18. The van der Waals surface area contributed by atoms with Crippen molar-refractivity contribution in [3.05, 3.63) is 17.5 Å². The van der Waals surface area contributed by atoms with Gasteiger partial charge in [0.25, 0.3) is 10.0 Å². The van der Waals surface area contributed by atoms with Crippen LogP contribution in [0, 0.1) is 0 Å². The molecule has 4 nitrogen and oxygen atoms in total. The number of sulfonamides is 1. The molecule has 1 aliphatic heterocycles. The van der Waals surface area contributed by atoms with Crippen molar-refractivity contribution in [3.63, 3.8) is 0 Å². The maximum absolute atomic E-state index is 12.2. The number of rotatable bonds is 3. The van der Waals surface area contributed by atoms with Crippen LogP contribution >= 0.6 is 11.3 Å². The first-order chi connectivity index (χ1) is 7.64. The van der Waals surface area contributed by atoms with Crippen molar-refractivity contribution in [2.24, 2.45) is 0 Å². The first kappa shape index (κ1) is 12.0. The molecule has 1 aromatic heterocycles. The van der Waals surface area contributed by atoms with Crippen LogP contribution in [0.25, 0.3) is 0 Å². The molecule has 1 saturated heterocycles. The Morgan fingerprint density at radius 3 is 3.00 bits per heavy atom. The van der Waals surface area contributed by atoms with Gasteiger partial charge in [0.2, 0.25) is 0 Å². The number of piperidine rings is 1. The molecule has 0 spiro atoms. The molecule has 1 atom stereocenters. The van der Waals surface area contributed by atoms with Gasteiger partial charge in [-0.05, 0) is 31.3 Å². The first-order valence-electron chi connectivity index (χ1n) is 5.35. The number of thiophene rings is 1. The molecule has 2 rings (SSSR count). The lowest BCUT2D eigenvalue weighted by Gasteiger charge is -2.31. The standard InChI is InChI=1S/C10H16N2O2S2/c1-11-9-4-2-6-12(8-9)16(13,14)10-5-3-7-15-10/h3,5,7,9,11H,2,4,6,8H2,1H3. The third-order valence-corrected chi connectivity index (χ3v) is 6.12. The highest BCUT2D eigenvalue weighted by Gasteiger charge is 2.30. The molecule has 90 valence electrons. The van der Waals surface area contributed by atoms with Gasteiger partial charge in [-0.15, -0.1) is 11.3 Å². The molecule has 0 aromatic carbocycles. The zero-order valence-corrected chi connectivity index (χ0v) is 10.9. The van der Waals surface area contributed by atoms with E-state index in [4.69, 9.17) is 0 Å². The Kier molecular flexibility index (Phi) is 3.63. The van der Waals surface area contributed by atoms with Crippen LogP contribution in [-0.2, 0) is 10.0 Å². The van der Waals surface area contributed by atoms with E-state index in [1.165, 1.54) is 11.3 Å². The number of hydrogen-bond acceptors (Lipinski definition) is 4. The second-order valence-corrected chi connectivity index (χ2v) is 7.04. The third-order valence-electron chi connectivity index (χ3n) is 2.88. The third kappa shape index (κ3) is 2.29. The Bertz CT molecular complexity index is 428. The van der Waals surface area contributed by atoms with E-state index in [9.17, 15) is 8.42 Å². The fraction of sp³-hybridized carbons (Fsp3) is 0.600. The van der Waals surface area contributed by atoms with Crippen molar-refractivity contribution in [2.45, 2.75) is 23.1 Å². The minimum absolute atomic E-state index is 0.281. The number of likely N-dealkylation sites (N-methyl/N-ethyl adjacent to an activating group) is 1. The Morgan fingerprint density at radius 1 is 1.56 bits per heavy atom. The molecule has 0 bridgehead atoms. The van der Waals surface area contributed by atoms with Crippen LogP contribution in [-0.4, -0.2) is 38.9 Å². The smallest absolute Gasteiger partial charge is 0.252 e. The van der Waals surface area contributed by atoms with E-state index >= 15 is 0 Å². The molecule has 0 saturated carbocycles. The molecule has 16 heavy (non-hydrogen) atoms. The van der Waals surface area contributed by atoms with E-state index in [2.05, 4.69) is 5.32 Å². The summed E-state index contributed by atoms with van der Waals surface area (Å²) in [4.78, 5) is 0. The number of hydrogen-bond donors (Lipinski definition) is 1. The maximum atomic E-state index is 12.2. The molecule has 6 heteroatoms. The van der Waals surface area contributed by atoms with E-state index in [0.29, 0.717) is 17.3 Å². The summed E-state index contributed by atoms with van der Waals surface area (Å²) in [5.41, 5.74) is 0. The van der Waals surface area contributed by atoms with Gasteiger partial charge < -0.3 is 5.32 Å². The quantitative estimate of drug-likeness (QED) is 0.886. The Morgan fingerprint density at radius 2 is 2.38 bits per heavy atom. The SMILES string of the molecule is CNC1CCCN(S(=O)(=O)c2cccs2)C1. The molecule has 0 aliphatic carbocycles. The second kappa shape index (κ2) is 4.83. The summed E-state index contributed by atoms with van der Waals surface area (Å²) < 4.78 is 26.5. The maximum Gasteiger partial charge on any atom is 0.252 e. The first-order valence-corrected chi connectivity index (χ1v) is 7.67. The zero-order valence-electron chi connectivity index (χ0n) is 9.22. The number of nitrogens with zero attached hydrogens (tertiary/aromatic N) is 1. The van der Waals surface area contributed by atoms with Gasteiger partial charge >= 0.3 is 0 Å². The van der Waals surface area contributed by atoms with Crippen LogP contribution in [0.4, 0.5) is 0 Å². The molecular formula is C10H16N2O2S2. The minimum Gasteiger partial charge on any atom is -0.316 e. The molecule has 0 radical (unpaired) electrons. The van der Waals surface area contributed by atoms with E-state index in [1.807, 2.05) is 7.05 Å². The predicted molar refractivity (Wildman–Crippen MR) is 65.2 cm³/mol. The molecular weight excluding hydrogens is 244 g/mol. The van der Waals surface area contributed by atoms with Crippen LogP contribution < -0.4 is 5.32 Å². The molecule has 1 aromatic rings. The van der Waals surface area contributed by atoms with Gasteiger partial charge in [-0.1, -0.05) is 6.07 Å². The second-order valence-electron chi connectivity index (χ2n) is 3.92. The molecule has 1 aliphatic rings. The predicted octanol–water partition coefficient (Wildman–Crippen LogP) is 1.12. The monoisotopic (exact) mass is 260 g/mol. The summed E-state index contributed by atoms with van der Waals surface area (Å²) >= 11 is 1.28. The lowest BCUT2D eigenvalue weighted by molar-refractivity contribution is 0.293. The normalized spacial score (nSPS) is 23.4. The van der Waals surface area contributed by atoms with Gasteiger partial charge in [0, 0.05) is 19.1 Å². The van der Waals surface area contributed by atoms with Crippen LogP contribution in [0.3, 0.4) is 0 Å². The Hall–Kier alpha value is -0.430. The summed E-state index contributed by atoms with van der Waals surface area (Å²) in [5.74, 6) is 0. The molecule has 1 N–H and O–H groups in total. The van der Waals surface area contributed by atoms with E-state index < -0.39 is 10.0 Å². The molecule has 1 fully saturated rings. The van der Waals surface area contributed by atoms with Crippen molar-refractivity contribution in [1.82, 2.24) is 9.62 Å². The van der Waals surface area contributed by atoms with Crippen molar-refractivity contribution < 1.29 is 8.42 Å². The van der Waals surface area contributed by atoms with Crippen molar-refractivity contribution in [1.29, 1.82) is 0 Å². The number of nitrogens with one attached hydrogen (secondary N) is 1. The summed E-state index contributed by atoms with van der Waals surface area (Å²) in [7, 11) is -1.37. The fourth-order valence-corrected chi connectivity index (χ4v) is 4.60. The van der Waals surface area contributed by atoms with E-state index in [1.54, 1.807) is 21.8 Å². The fourth-order valence-electron chi connectivity index (χ4n) is 1.93. The molecule has 0 amide bonds. The lowest BCUT2D eigenvalue weighted by atomic mass is 10.1. The average Bonchev–Trinajstić information content (AvgIpc) is 2.83. The zero-order chi connectivity index (χ0) is 11.6.